The van der Waals surface area contributed by atoms with Gasteiger partial charge in [-0.1, -0.05) is 18.2 Å². The van der Waals surface area contributed by atoms with Crippen LogP contribution in [0.3, 0.4) is 0 Å². The molecule has 0 bridgehead atoms. The summed E-state index contributed by atoms with van der Waals surface area (Å²) in [6.07, 6.45) is -4.47. The largest absolute Gasteiger partial charge is 0.455 e. The van der Waals surface area contributed by atoms with E-state index in [0.29, 0.717) is 12.0 Å². The number of hydrogen-bond acceptors (Lipinski definition) is 11. The maximum atomic E-state index is 13.3. The predicted octanol–water partition coefficient (Wildman–Crippen LogP) is 4.60. The first kappa shape index (κ1) is 30.8. The van der Waals surface area contributed by atoms with E-state index in [2.05, 4.69) is 4.98 Å². The highest BCUT2D eigenvalue weighted by Gasteiger charge is 2.53. The van der Waals surface area contributed by atoms with Crippen molar-refractivity contribution in [3.05, 3.63) is 76.2 Å². The fraction of sp³-hybridized carbons (Fsp3) is 0.367. The van der Waals surface area contributed by atoms with Crippen molar-refractivity contribution in [1.29, 1.82) is 0 Å². The highest BCUT2D eigenvalue weighted by Crippen LogP contribution is 2.39. The molecule has 4 rings (SSSR count). The van der Waals surface area contributed by atoms with Gasteiger partial charge in [0.15, 0.2) is 12.2 Å². The molecule has 2 aromatic heterocycles. The molecule has 222 valence electrons. The minimum atomic E-state index is -1.46. The summed E-state index contributed by atoms with van der Waals surface area (Å²) in [7, 11) is 0. The monoisotopic (exact) mass is 599 g/mol. The summed E-state index contributed by atoms with van der Waals surface area (Å²) in [5, 5.41) is 0. The number of aryl methyl sites for hydroxylation is 1. The average molecular weight is 600 g/mol. The van der Waals surface area contributed by atoms with Crippen molar-refractivity contribution in [3.63, 3.8) is 0 Å². The summed E-state index contributed by atoms with van der Waals surface area (Å²) in [6, 6.07) is 12.4. The van der Waals surface area contributed by atoms with Crippen LogP contribution < -0.4 is 0 Å². The predicted molar refractivity (Wildman–Crippen MR) is 148 cm³/mol. The van der Waals surface area contributed by atoms with Crippen LogP contribution in [-0.2, 0) is 49.3 Å². The smallest absolute Gasteiger partial charge is 0.305 e. The third-order valence-corrected chi connectivity index (χ3v) is 7.56. The van der Waals surface area contributed by atoms with E-state index in [1.807, 2.05) is 31.2 Å². The summed E-state index contributed by atoms with van der Waals surface area (Å²) in [5.41, 5.74) is 3.26. The lowest BCUT2D eigenvalue weighted by atomic mass is 9.90. The lowest BCUT2D eigenvalue weighted by molar-refractivity contribution is -0.298. The first-order valence-corrected chi connectivity index (χ1v) is 13.9. The van der Waals surface area contributed by atoms with Gasteiger partial charge in [-0.15, -0.1) is 11.3 Å². The van der Waals surface area contributed by atoms with Crippen LogP contribution in [-0.4, -0.2) is 53.5 Å². The lowest BCUT2D eigenvalue weighted by Crippen LogP contribution is -2.59. The summed E-state index contributed by atoms with van der Waals surface area (Å²) in [5.74, 6) is -3.44. The van der Waals surface area contributed by atoms with Crippen LogP contribution in [0.4, 0.5) is 4.39 Å². The van der Waals surface area contributed by atoms with Gasteiger partial charge >= 0.3 is 23.9 Å². The van der Waals surface area contributed by atoms with Crippen LogP contribution in [0.5, 0.6) is 0 Å². The number of thiophene rings is 1. The van der Waals surface area contributed by atoms with Crippen LogP contribution in [0.2, 0.25) is 0 Å². The Kier molecular flexibility index (Phi) is 9.69. The zero-order chi connectivity index (χ0) is 30.6. The Labute approximate surface area is 245 Å². The Balaban J connectivity index is 1.70. The second kappa shape index (κ2) is 13.2. The molecule has 0 amide bonds. The van der Waals surface area contributed by atoms with E-state index in [4.69, 9.17) is 23.7 Å². The van der Waals surface area contributed by atoms with Gasteiger partial charge in [0.1, 0.15) is 6.10 Å². The molecule has 0 saturated carbocycles. The number of benzene rings is 1. The summed E-state index contributed by atoms with van der Waals surface area (Å²) in [6.45, 7) is 6.58. The first-order valence-electron chi connectivity index (χ1n) is 13.1. The SMILES string of the molecule is CC(=O)O[C@H]1OC(c2ccc(C)c(Cc3ccc(-c4ccc(F)nc4)s3)c2)[C@H](OC(C)=O)[C@@H](OC(C)=O)[C@@H]1OC(C)=O. The molecule has 3 heterocycles. The lowest BCUT2D eigenvalue weighted by Gasteiger charge is -2.44. The van der Waals surface area contributed by atoms with E-state index in [0.717, 1.165) is 47.2 Å². The van der Waals surface area contributed by atoms with Crippen LogP contribution >= 0.6 is 11.3 Å². The molecule has 1 aliphatic rings. The highest BCUT2D eigenvalue weighted by molar-refractivity contribution is 7.15. The molecule has 10 nitrogen and oxygen atoms in total. The number of nitrogens with zero attached hydrogens (tertiary/aromatic N) is 1. The van der Waals surface area contributed by atoms with Gasteiger partial charge in [-0.25, -0.2) is 4.98 Å². The molecule has 1 aromatic carbocycles. The zero-order valence-electron chi connectivity index (χ0n) is 23.6. The van der Waals surface area contributed by atoms with Crippen LogP contribution in [0.1, 0.15) is 55.4 Å². The second-order valence-corrected chi connectivity index (χ2v) is 10.9. The molecule has 0 spiro atoms. The second-order valence-electron chi connectivity index (χ2n) is 9.75. The van der Waals surface area contributed by atoms with E-state index in [1.165, 1.54) is 30.5 Å². The van der Waals surface area contributed by atoms with Gasteiger partial charge in [0.2, 0.25) is 18.3 Å². The van der Waals surface area contributed by atoms with Gasteiger partial charge in [0, 0.05) is 55.6 Å². The molecule has 1 aliphatic heterocycles. The molecule has 1 fully saturated rings. The number of pyridine rings is 1. The molecule has 12 heteroatoms. The van der Waals surface area contributed by atoms with Gasteiger partial charge in [-0.2, -0.15) is 4.39 Å². The van der Waals surface area contributed by atoms with Gasteiger partial charge in [0.25, 0.3) is 0 Å². The number of halogens is 1. The van der Waals surface area contributed by atoms with Gasteiger partial charge < -0.3 is 23.7 Å². The number of rotatable bonds is 8. The summed E-state index contributed by atoms with van der Waals surface area (Å²) < 4.78 is 41.1. The van der Waals surface area contributed by atoms with E-state index < -0.39 is 60.5 Å². The number of aromatic nitrogens is 1. The number of carbonyl (C=O) groups excluding carboxylic acids is 4. The van der Waals surface area contributed by atoms with E-state index in [1.54, 1.807) is 12.1 Å². The van der Waals surface area contributed by atoms with Crippen LogP contribution in [0.15, 0.2) is 48.7 Å². The zero-order valence-corrected chi connectivity index (χ0v) is 24.4. The maximum Gasteiger partial charge on any atom is 0.305 e. The van der Waals surface area contributed by atoms with Crippen molar-refractivity contribution in [3.8, 4) is 10.4 Å². The summed E-state index contributed by atoms with van der Waals surface area (Å²) in [4.78, 5) is 53.8. The Morgan fingerprint density at radius 1 is 0.833 bits per heavy atom. The van der Waals surface area contributed by atoms with Crippen molar-refractivity contribution in [1.82, 2.24) is 4.98 Å². The Hall–Kier alpha value is -4.16. The van der Waals surface area contributed by atoms with Crippen LogP contribution in [0, 0.1) is 12.9 Å². The molecule has 1 saturated heterocycles. The third-order valence-electron chi connectivity index (χ3n) is 6.42. The fourth-order valence-electron chi connectivity index (χ4n) is 4.70. The summed E-state index contributed by atoms with van der Waals surface area (Å²) >= 11 is 1.54. The fourth-order valence-corrected chi connectivity index (χ4v) is 5.72. The number of carbonyl (C=O) groups is 4. The molecule has 0 radical (unpaired) electrons. The molecular formula is C30H30FNO9S. The van der Waals surface area contributed by atoms with Crippen molar-refractivity contribution < 1.29 is 47.3 Å². The van der Waals surface area contributed by atoms with Crippen molar-refractivity contribution in [2.24, 2.45) is 0 Å². The molecule has 0 aliphatic carbocycles. The van der Waals surface area contributed by atoms with Gasteiger partial charge in [-0.05, 0) is 47.9 Å². The average Bonchev–Trinajstić information content (AvgIpc) is 3.36. The number of ether oxygens (including phenoxy) is 5. The first-order chi connectivity index (χ1) is 19.9. The van der Waals surface area contributed by atoms with E-state index >= 15 is 0 Å². The maximum absolute atomic E-state index is 13.3. The Bertz CT molecular complexity index is 1470. The van der Waals surface area contributed by atoms with Gasteiger partial charge in [0.05, 0.1) is 0 Å². The Morgan fingerprint density at radius 3 is 2.10 bits per heavy atom. The topological polar surface area (TPSA) is 127 Å². The number of esters is 4. The van der Waals surface area contributed by atoms with Crippen LogP contribution in [0.25, 0.3) is 10.4 Å². The van der Waals surface area contributed by atoms with Crippen molar-refractivity contribution >= 4 is 35.2 Å². The molecule has 5 atom stereocenters. The van der Waals surface area contributed by atoms with Crippen molar-refractivity contribution in [2.75, 3.05) is 0 Å². The standard InChI is InChI=1S/C30H30FNO9S/c1-15-6-7-20(12-22(15)13-23-9-10-24(42-23)21-8-11-25(31)32-14-21)26-27(37-16(2)33)28(38-17(3)34)29(39-18(4)35)30(41-26)40-19(5)36/h6-12,14,26-30H,13H2,1-5H3/t26?,27-,28+,29-,30-/m0/s1. The normalized spacial score (nSPS) is 21.7. The van der Waals surface area contributed by atoms with Crippen molar-refractivity contribution in [2.45, 2.75) is 71.7 Å². The minimum absolute atomic E-state index is 0.542. The third kappa shape index (κ3) is 7.56. The van der Waals surface area contributed by atoms with E-state index in [-0.39, 0.29) is 0 Å². The van der Waals surface area contributed by atoms with Gasteiger partial charge in [-0.3, -0.25) is 19.2 Å². The molecular weight excluding hydrogens is 569 g/mol. The molecule has 0 N–H and O–H groups in total. The minimum Gasteiger partial charge on any atom is -0.455 e. The quantitative estimate of drug-likeness (QED) is 0.206. The molecule has 3 aromatic rings. The number of hydrogen-bond donors (Lipinski definition) is 0. The highest BCUT2D eigenvalue weighted by atomic mass is 32.1. The molecule has 1 unspecified atom stereocenters. The Morgan fingerprint density at radius 2 is 1.48 bits per heavy atom. The van der Waals surface area contributed by atoms with E-state index in [9.17, 15) is 23.6 Å². The molecule has 42 heavy (non-hydrogen) atoms.